The maximum absolute atomic E-state index is 12.4. The Morgan fingerprint density at radius 1 is 1.26 bits per heavy atom. The lowest BCUT2D eigenvalue weighted by molar-refractivity contribution is -0.192. The van der Waals surface area contributed by atoms with E-state index in [9.17, 15) is 22.0 Å². The quantitative estimate of drug-likeness (QED) is 0.636. The lowest BCUT2D eigenvalue weighted by Crippen LogP contribution is -2.39. The van der Waals surface area contributed by atoms with Crippen LogP contribution in [-0.2, 0) is 24.3 Å². The third-order valence-electron chi connectivity index (χ3n) is 4.37. The number of benzene rings is 1. The average molecular weight is 467 g/mol. The number of carbonyl (C=O) groups is 1. The lowest BCUT2D eigenvalue weighted by Gasteiger charge is -2.34. The van der Waals surface area contributed by atoms with Crippen LogP contribution in [0.1, 0.15) is 23.9 Å². The van der Waals surface area contributed by atoms with E-state index in [2.05, 4.69) is 39.2 Å². The number of nitrogens with zero attached hydrogens (tertiary/aromatic N) is 3. The molecule has 170 valence electrons. The van der Waals surface area contributed by atoms with Gasteiger partial charge in [-0.05, 0) is 12.5 Å². The summed E-state index contributed by atoms with van der Waals surface area (Å²) in [4.78, 5) is 20.0. The van der Waals surface area contributed by atoms with Crippen LogP contribution in [0, 0.1) is 0 Å². The Bertz CT molecular complexity index is 884. The van der Waals surface area contributed by atoms with Gasteiger partial charge in [0.25, 0.3) is 6.43 Å². The van der Waals surface area contributed by atoms with E-state index >= 15 is 0 Å². The first-order valence-electron chi connectivity index (χ1n) is 9.12. The van der Waals surface area contributed by atoms with Crippen LogP contribution in [0.15, 0.2) is 30.3 Å². The predicted octanol–water partition coefficient (Wildman–Crippen LogP) is 4.39. The Morgan fingerprint density at radius 3 is 2.42 bits per heavy atom. The zero-order chi connectivity index (χ0) is 23.2. The second kappa shape index (κ2) is 10.7. The number of halogens is 6. The summed E-state index contributed by atoms with van der Waals surface area (Å²) in [5.74, 6) is -2.52. The van der Waals surface area contributed by atoms with Gasteiger partial charge in [-0.15, -0.1) is 0 Å². The number of rotatable bonds is 5. The van der Waals surface area contributed by atoms with Crippen molar-refractivity contribution in [2.45, 2.75) is 45.1 Å². The van der Waals surface area contributed by atoms with Gasteiger partial charge in [0, 0.05) is 25.6 Å². The summed E-state index contributed by atoms with van der Waals surface area (Å²) < 4.78 is 56.4. The first-order chi connectivity index (χ1) is 14.5. The standard InChI is InChI=1S/C17H19ClF2N4.C2HF3O2/c1-11-7-13-14(10-24(11)9-12-5-3-2-4-6-12)22-16(18)17(23-13)21-8-15(19)20;3-2(4,5)1(6)7/h2-6,11,15H,7-10H2,1H3,(H,21,23);(H,6,7). The summed E-state index contributed by atoms with van der Waals surface area (Å²) >= 11 is 6.09. The molecule has 1 aliphatic rings. The molecular formula is C19H20ClF5N4O2. The Balaban J connectivity index is 0.000000423. The zero-order valence-electron chi connectivity index (χ0n) is 16.3. The van der Waals surface area contributed by atoms with Gasteiger partial charge in [0.2, 0.25) is 0 Å². The van der Waals surface area contributed by atoms with Gasteiger partial charge in [0.1, 0.15) is 0 Å². The number of carboxylic acids is 1. The van der Waals surface area contributed by atoms with Crippen molar-refractivity contribution in [3.63, 3.8) is 0 Å². The second-order valence-electron chi connectivity index (χ2n) is 6.78. The summed E-state index contributed by atoms with van der Waals surface area (Å²) in [7, 11) is 0. The third-order valence-corrected chi connectivity index (χ3v) is 4.63. The van der Waals surface area contributed by atoms with Gasteiger partial charge in [-0.1, -0.05) is 41.9 Å². The van der Waals surface area contributed by atoms with Gasteiger partial charge in [-0.2, -0.15) is 13.2 Å². The lowest BCUT2D eigenvalue weighted by atomic mass is 10.0. The van der Waals surface area contributed by atoms with Crippen molar-refractivity contribution in [1.82, 2.24) is 14.9 Å². The summed E-state index contributed by atoms with van der Waals surface area (Å²) in [5, 5.41) is 9.83. The molecule has 1 aliphatic heterocycles. The van der Waals surface area contributed by atoms with E-state index in [1.807, 2.05) is 18.2 Å². The van der Waals surface area contributed by atoms with Crippen LogP contribution >= 0.6 is 11.6 Å². The highest BCUT2D eigenvalue weighted by Crippen LogP contribution is 2.27. The van der Waals surface area contributed by atoms with Crippen LogP contribution in [-0.4, -0.2) is 51.1 Å². The largest absolute Gasteiger partial charge is 0.490 e. The van der Waals surface area contributed by atoms with Crippen molar-refractivity contribution in [3.8, 4) is 0 Å². The van der Waals surface area contributed by atoms with Crippen LogP contribution < -0.4 is 5.32 Å². The van der Waals surface area contributed by atoms with Crippen molar-refractivity contribution in [1.29, 1.82) is 0 Å². The molecule has 0 spiro atoms. The van der Waals surface area contributed by atoms with Crippen LogP contribution in [0.25, 0.3) is 0 Å². The summed E-state index contributed by atoms with van der Waals surface area (Å²) in [6.07, 6.45) is -6.82. The minimum absolute atomic E-state index is 0.142. The van der Waals surface area contributed by atoms with Crippen LogP contribution in [0.4, 0.5) is 27.8 Å². The molecule has 1 unspecified atom stereocenters. The zero-order valence-corrected chi connectivity index (χ0v) is 17.1. The molecule has 6 nitrogen and oxygen atoms in total. The van der Waals surface area contributed by atoms with Gasteiger partial charge >= 0.3 is 12.1 Å². The van der Waals surface area contributed by atoms with Crippen LogP contribution in [0.5, 0.6) is 0 Å². The average Bonchev–Trinajstić information content (AvgIpc) is 2.68. The Kier molecular flexibility index (Phi) is 8.52. The van der Waals surface area contributed by atoms with Gasteiger partial charge in [-0.3, -0.25) is 4.90 Å². The van der Waals surface area contributed by atoms with Crippen LogP contribution in [0.3, 0.4) is 0 Å². The molecule has 0 bridgehead atoms. The number of fused-ring (bicyclic) bond motifs is 1. The molecule has 2 aromatic rings. The molecule has 3 rings (SSSR count). The van der Waals surface area contributed by atoms with E-state index in [1.54, 1.807) is 0 Å². The van der Waals surface area contributed by atoms with Crippen molar-refractivity contribution in [2.24, 2.45) is 0 Å². The molecule has 0 saturated heterocycles. The molecular weight excluding hydrogens is 447 g/mol. The predicted molar refractivity (Wildman–Crippen MR) is 104 cm³/mol. The number of anilines is 1. The summed E-state index contributed by atoms with van der Waals surface area (Å²) in [6.45, 7) is 3.12. The molecule has 0 saturated carbocycles. The van der Waals surface area contributed by atoms with E-state index in [4.69, 9.17) is 21.5 Å². The van der Waals surface area contributed by atoms with Crippen LogP contribution in [0.2, 0.25) is 5.15 Å². The van der Waals surface area contributed by atoms with Gasteiger partial charge in [0.05, 0.1) is 17.9 Å². The Labute approximate surface area is 180 Å². The normalized spacial score (nSPS) is 16.3. The van der Waals surface area contributed by atoms with Gasteiger partial charge < -0.3 is 10.4 Å². The number of aliphatic carboxylic acids is 1. The first kappa shape index (κ1) is 24.7. The van der Waals surface area contributed by atoms with Crippen molar-refractivity contribution in [2.75, 3.05) is 11.9 Å². The minimum atomic E-state index is -5.08. The molecule has 31 heavy (non-hydrogen) atoms. The van der Waals surface area contributed by atoms with Gasteiger partial charge in [0.15, 0.2) is 11.0 Å². The topological polar surface area (TPSA) is 78.4 Å². The number of alkyl halides is 5. The molecule has 12 heteroatoms. The Morgan fingerprint density at radius 2 is 1.87 bits per heavy atom. The second-order valence-corrected chi connectivity index (χ2v) is 7.13. The number of nitrogens with one attached hydrogen (secondary N) is 1. The van der Waals surface area contributed by atoms with E-state index in [0.29, 0.717) is 6.54 Å². The number of hydrogen-bond donors (Lipinski definition) is 2. The summed E-state index contributed by atoms with van der Waals surface area (Å²) in [5.41, 5.74) is 2.88. The molecule has 0 fully saturated rings. The van der Waals surface area contributed by atoms with E-state index in [-0.39, 0.29) is 17.0 Å². The summed E-state index contributed by atoms with van der Waals surface area (Å²) in [6, 6.07) is 10.5. The molecule has 0 radical (unpaired) electrons. The highest BCUT2D eigenvalue weighted by atomic mass is 35.5. The molecule has 2 heterocycles. The van der Waals surface area contributed by atoms with Crippen molar-refractivity contribution >= 4 is 23.4 Å². The molecule has 1 atom stereocenters. The number of carboxylic acid groups (broad SMARTS) is 1. The Hall–Kier alpha value is -2.53. The van der Waals surface area contributed by atoms with Gasteiger partial charge in [-0.25, -0.2) is 23.5 Å². The highest BCUT2D eigenvalue weighted by molar-refractivity contribution is 6.31. The SMILES string of the molecule is CC1Cc2nc(NCC(F)F)c(Cl)nc2CN1Cc1ccccc1.O=C(O)C(F)(F)F. The van der Waals surface area contributed by atoms with E-state index in [1.165, 1.54) is 5.56 Å². The number of hydrogen-bond acceptors (Lipinski definition) is 5. The highest BCUT2D eigenvalue weighted by Gasteiger charge is 2.38. The molecule has 1 aromatic carbocycles. The van der Waals surface area contributed by atoms with E-state index in [0.717, 1.165) is 24.4 Å². The fourth-order valence-corrected chi connectivity index (χ4v) is 3.06. The molecule has 2 N–H and O–H groups in total. The van der Waals surface area contributed by atoms with E-state index < -0.39 is 25.1 Å². The fourth-order valence-electron chi connectivity index (χ4n) is 2.84. The first-order valence-corrected chi connectivity index (χ1v) is 9.50. The molecule has 0 amide bonds. The monoisotopic (exact) mass is 466 g/mol. The van der Waals surface area contributed by atoms with Crippen molar-refractivity contribution < 1.29 is 31.9 Å². The van der Waals surface area contributed by atoms with Crippen molar-refractivity contribution in [3.05, 3.63) is 52.4 Å². The minimum Gasteiger partial charge on any atom is -0.475 e. The number of aromatic nitrogens is 2. The fraction of sp³-hybridized carbons (Fsp3) is 0.421. The maximum atomic E-state index is 12.4. The molecule has 0 aliphatic carbocycles. The molecule has 1 aromatic heterocycles. The maximum Gasteiger partial charge on any atom is 0.490 e. The third kappa shape index (κ3) is 7.59. The smallest absolute Gasteiger partial charge is 0.475 e.